The topological polar surface area (TPSA) is 118 Å². The predicted octanol–water partition coefficient (Wildman–Crippen LogP) is 2.24. The molecule has 0 aromatic heterocycles. The third-order valence-electron chi connectivity index (χ3n) is 5.41. The molecule has 1 aromatic carbocycles. The molecular formula is C20H15F2N5O. The maximum absolute atomic E-state index is 14.7. The van der Waals surface area contributed by atoms with Crippen LogP contribution in [-0.2, 0) is 4.79 Å². The van der Waals surface area contributed by atoms with Gasteiger partial charge in [-0.05, 0) is 17.2 Å². The van der Waals surface area contributed by atoms with E-state index in [-0.39, 0.29) is 35.8 Å². The van der Waals surface area contributed by atoms with Gasteiger partial charge in [-0.2, -0.15) is 15.8 Å². The molecule has 0 fully saturated rings. The molecule has 0 saturated carbocycles. The van der Waals surface area contributed by atoms with Crippen LogP contribution in [0.5, 0.6) is 0 Å². The van der Waals surface area contributed by atoms with Crippen LogP contribution in [0.1, 0.15) is 18.4 Å². The van der Waals surface area contributed by atoms with Gasteiger partial charge in [-0.25, -0.2) is 8.78 Å². The van der Waals surface area contributed by atoms with Crippen molar-refractivity contribution in [1.82, 2.24) is 4.90 Å². The number of nitriles is 3. The lowest BCUT2D eigenvalue weighted by Crippen LogP contribution is -2.49. The molecule has 1 amide bonds. The zero-order chi connectivity index (χ0) is 20.6. The van der Waals surface area contributed by atoms with Crippen LogP contribution in [-0.4, -0.2) is 23.9 Å². The number of hydrogen-bond acceptors (Lipinski definition) is 5. The van der Waals surface area contributed by atoms with Crippen molar-refractivity contribution < 1.29 is 13.6 Å². The maximum atomic E-state index is 14.7. The minimum Gasteiger partial charge on any atom is -0.399 e. The molecule has 0 bridgehead atoms. The molecule has 140 valence electrons. The van der Waals surface area contributed by atoms with Crippen LogP contribution in [0.15, 0.2) is 41.1 Å². The van der Waals surface area contributed by atoms with E-state index in [0.29, 0.717) is 11.6 Å². The Kier molecular flexibility index (Phi) is 4.63. The van der Waals surface area contributed by atoms with Crippen molar-refractivity contribution >= 4 is 5.91 Å². The molecule has 8 heteroatoms. The third-order valence-corrected chi connectivity index (χ3v) is 5.41. The molecule has 2 atom stereocenters. The molecule has 28 heavy (non-hydrogen) atoms. The molecule has 6 nitrogen and oxygen atoms in total. The van der Waals surface area contributed by atoms with E-state index in [1.165, 1.54) is 17.9 Å². The SMILES string of the molecule is CC(=O)N1CC=C2C(C#N)=C(N)C(C#N)(C#N)[C@H](c3ccc(F)cc3F)[C@@H]2C1. The van der Waals surface area contributed by atoms with E-state index in [4.69, 9.17) is 5.73 Å². The number of nitrogens with zero attached hydrogens (tertiary/aromatic N) is 4. The van der Waals surface area contributed by atoms with Crippen LogP contribution in [0.3, 0.4) is 0 Å². The molecule has 0 spiro atoms. The van der Waals surface area contributed by atoms with E-state index in [9.17, 15) is 29.4 Å². The molecule has 1 aromatic rings. The Hall–Kier alpha value is -3.70. The van der Waals surface area contributed by atoms with Crippen molar-refractivity contribution in [1.29, 1.82) is 15.8 Å². The van der Waals surface area contributed by atoms with Gasteiger partial charge in [0.25, 0.3) is 0 Å². The van der Waals surface area contributed by atoms with E-state index in [1.807, 2.05) is 18.2 Å². The van der Waals surface area contributed by atoms with Gasteiger partial charge in [0, 0.05) is 37.9 Å². The second kappa shape index (κ2) is 6.79. The molecule has 1 heterocycles. The van der Waals surface area contributed by atoms with Crippen LogP contribution < -0.4 is 5.73 Å². The summed E-state index contributed by atoms with van der Waals surface area (Å²) in [6, 6.07) is 8.55. The molecule has 1 aliphatic heterocycles. The molecular weight excluding hydrogens is 364 g/mol. The number of benzene rings is 1. The van der Waals surface area contributed by atoms with E-state index in [1.54, 1.807) is 6.08 Å². The summed E-state index contributed by atoms with van der Waals surface area (Å²) in [5.41, 5.74) is 4.20. The standard InChI is InChI=1S/C20H15F2N5O/c1-11(28)27-5-4-13-15(7-23)19(26)20(9-24,10-25)18(16(13)8-27)14-3-2-12(21)6-17(14)22/h2-4,6,16,18H,5,8,26H2,1H3/t16-,18-/m1/s1. The Morgan fingerprint density at radius 3 is 2.50 bits per heavy atom. The number of amides is 1. The fourth-order valence-electron chi connectivity index (χ4n) is 4.03. The smallest absolute Gasteiger partial charge is 0.219 e. The van der Waals surface area contributed by atoms with Crippen molar-refractivity contribution in [3.8, 4) is 18.2 Å². The summed E-state index contributed by atoms with van der Waals surface area (Å²) in [7, 11) is 0. The van der Waals surface area contributed by atoms with Gasteiger partial charge in [0.2, 0.25) is 5.91 Å². The summed E-state index contributed by atoms with van der Waals surface area (Å²) in [4.78, 5) is 13.4. The zero-order valence-corrected chi connectivity index (χ0v) is 14.9. The first-order valence-corrected chi connectivity index (χ1v) is 8.44. The van der Waals surface area contributed by atoms with E-state index < -0.39 is 28.9 Å². The van der Waals surface area contributed by atoms with Crippen molar-refractivity contribution in [2.24, 2.45) is 17.1 Å². The van der Waals surface area contributed by atoms with Gasteiger partial charge in [0.05, 0.1) is 23.4 Å². The van der Waals surface area contributed by atoms with Crippen molar-refractivity contribution in [2.75, 3.05) is 13.1 Å². The lowest BCUT2D eigenvalue weighted by atomic mass is 9.58. The number of fused-ring (bicyclic) bond motifs is 1. The van der Waals surface area contributed by atoms with Gasteiger partial charge in [-0.1, -0.05) is 12.1 Å². The number of halogens is 2. The van der Waals surface area contributed by atoms with Gasteiger partial charge < -0.3 is 10.6 Å². The summed E-state index contributed by atoms with van der Waals surface area (Å²) in [6.07, 6.45) is 1.63. The van der Waals surface area contributed by atoms with Crippen LogP contribution in [0.4, 0.5) is 8.78 Å². The lowest BCUT2D eigenvalue weighted by molar-refractivity contribution is -0.129. The fourth-order valence-corrected chi connectivity index (χ4v) is 4.03. The Morgan fingerprint density at radius 1 is 1.29 bits per heavy atom. The number of hydrogen-bond donors (Lipinski definition) is 1. The number of carbonyl (C=O) groups excluding carboxylic acids is 1. The van der Waals surface area contributed by atoms with Gasteiger partial charge in [0.1, 0.15) is 17.7 Å². The molecule has 2 aliphatic rings. The maximum Gasteiger partial charge on any atom is 0.219 e. The number of carbonyl (C=O) groups is 1. The van der Waals surface area contributed by atoms with Crippen molar-refractivity contribution in [3.63, 3.8) is 0 Å². The van der Waals surface area contributed by atoms with Gasteiger partial charge in [0.15, 0.2) is 5.41 Å². The Labute approximate surface area is 160 Å². The molecule has 0 saturated heterocycles. The third kappa shape index (κ3) is 2.61. The fraction of sp³-hybridized carbons (Fsp3) is 0.300. The highest BCUT2D eigenvalue weighted by atomic mass is 19.1. The summed E-state index contributed by atoms with van der Waals surface area (Å²) in [6.45, 7) is 1.67. The minimum absolute atomic E-state index is 0.00456. The first kappa shape index (κ1) is 19.1. The zero-order valence-electron chi connectivity index (χ0n) is 14.9. The van der Waals surface area contributed by atoms with E-state index in [0.717, 1.165) is 6.07 Å². The highest BCUT2D eigenvalue weighted by Crippen LogP contribution is 2.54. The largest absolute Gasteiger partial charge is 0.399 e. The van der Waals surface area contributed by atoms with Crippen molar-refractivity contribution in [3.05, 3.63) is 58.3 Å². The van der Waals surface area contributed by atoms with Crippen molar-refractivity contribution in [2.45, 2.75) is 12.8 Å². The predicted molar refractivity (Wildman–Crippen MR) is 93.4 cm³/mol. The summed E-state index contributed by atoms with van der Waals surface area (Å²) in [5, 5.41) is 29.3. The van der Waals surface area contributed by atoms with Crippen LogP contribution in [0, 0.1) is 57.0 Å². The van der Waals surface area contributed by atoms with Crippen LogP contribution in [0.2, 0.25) is 0 Å². The molecule has 1 aliphatic carbocycles. The number of nitrogens with two attached hydrogens (primary N) is 1. The normalized spacial score (nSPS) is 23.0. The van der Waals surface area contributed by atoms with Gasteiger partial charge in [-0.3, -0.25) is 4.79 Å². The minimum atomic E-state index is -2.04. The highest BCUT2D eigenvalue weighted by Gasteiger charge is 2.55. The Morgan fingerprint density at radius 2 is 1.96 bits per heavy atom. The second-order valence-electron chi connectivity index (χ2n) is 6.77. The molecule has 2 N–H and O–H groups in total. The first-order valence-electron chi connectivity index (χ1n) is 8.44. The molecule has 0 unspecified atom stereocenters. The molecule has 0 radical (unpaired) electrons. The quantitative estimate of drug-likeness (QED) is 0.803. The Balaban J connectivity index is 2.35. The van der Waals surface area contributed by atoms with E-state index in [2.05, 4.69) is 0 Å². The summed E-state index contributed by atoms with van der Waals surface area (Å²) < 4.78 is 28.1. The molecule has 3 rings (SSSR count). The average molecular weight is 379 g/mol. The average Bonchev–Trinajstić information content (AvgIpc) is 2.67. The van der Waals surface area contributed by atoms with Gasteiger partial charge >= 0.3 is 0 Å². The number of rotatable bonds is 1. The first-order chi connectivity index (χ1) is 13.3. The highest BCUT2D eigenvalue weighted by molar-refractivity contribution is 5.74. The van der Waals surface area contributed by atoms with E-state index >= 15 is 0 Å². The number of allylic oxidation sites excluding steroid dienone is 2. The Bertz CT molecular complexity index is 1040. The van der Waals surface area contributed by atoms with Crippen LogP contribution >= 0.6 is 0 Å². The van der Waals surface area contributed by atoms with Crippen LogP contribution in [0.25, 0.3) is 0 Å². The summed E-state index contributed by atoms with van der Waals surface area (Å²) >= 11 is 0. The monoisotopic (exact) mass is 379 g/mol. The van der Waals surface area contributed by atoms with Gasteiger partial charge in [-0.15, -0.1) is 0 Å². The summed E-state index contributed by atoms with van der Waals surface area (Å²) in [5.74, 6) is -3.81. The second-order valence-corrected chi connectivity index (χ2v) is 6.77. The lowest BCUT2D eigenvalue weighted by Gasteiger charge is -2.45.